The summed E-state index contributed by atoms with van der Waals surface area (Å²) >= 11 is 0. The zero-order valence-corrected chi connectivity index (χ0v) is 26.0. The molecule has 8 nitrogen and oxygen atoms in total. The molecule has 0 aliphatic heterocycles. The molecule has 0 aliphatic carbocycles. The van der Waals surface area contributed by atoms with Gasteiger partial charge in [0, 0.05) is 12.1 Å². The minimum atomic E-state index is -4.13. The van der Waals surface area contributed by atoms with E-state index in [-0.39, 0.29) is 17.3 Å². The monoisotopic (exact) mass is 579 g/mol. The lowest BCUT2D eigenvalue weighted by Crippen LogP contribution is -2.54. The van der Waals surface area contributed by atoms with Crippen LogP contribution in [0, 0.1) is 20.8 Å². The molecule has 220 valence electrons. The summed E-state index contributed by atoms with van der Waals surface area (Å²) in [5.41, 5.74) is 3.19. The van der Waals surface area contributed by atoms with Crippen molar-refractivity contribution < 1.29 is 22.7 Å². The Bertz CT molecular complexity index is 1490. The van der Waals surface area contributed by atoms with Crippen LogP contribution in [0.3, 0.4) is 0 Å². The Kier molecular flexibility index (Phi) is 9.86. The predicted molar refractivity (Wildman–Crippen MR) is 163 cm³/mol. The highest BCUT2D eigenvalue weighted by Crippen LogP contribution is 2.29. The van der Waals surface area contributed by atoms with Crippen molar-refractivity contribution in [2.75, 3.05) is 18.0 Å². The van der Waals surface area contributed by atoms with Crippen LogP contribution in [-0.2, 0) is 26.2 Å². The van der Waals surface area contributed by atoms with Crippen molar-refractivity contribution in [2.45, 2.75) is 71.5 Å². The van der Waals surface area contributed by atoms with Crippen LogP contribution in [-0.4, -0.2) is 50.4 Å². The maximum atomic E-state index is 14.1. The Morgan fingerprint density at radius 3 is 2.20 bits per heavy atom. The van der Waals surface area contributed by atoms with E-state index < -0.39 is 34.1 Å². The molecule has 0 bridgehead atoms. The third-order valence-electron chi connectivity index (χ3n) is 6.89. The molecule has 0 fully saturated rings. The zero-order chi connectivity index (χ0) is 30.5. The van der Waals surface area contributed by atoms with Gasteiger partial charge >= 0.3 is 0 Å². The van der Waals surface area contributed by atoms with Crippen molar-refractivity contribution in [1.82, 2.24) is 10.2 Å². The fraction of sp³-hybridized carbons (Fsp3) is 0.375. The van der Waals surface area contributed by atoms with E-state index in [4.69, 9.17) is 4.74 Å². The maximum Gasteiger partial charge on any atom is 0.264 e. The first-order valence-corrected chi connectivity index (χ1v) is 15.0. The first-order chi connectivity index (χ1) is 19.1. The van der Waals surface area contributed by atoms with E-state index in [0.717, 1.165) is 26.6 Å². The molecule has 0 saturated heterocycles. The van der Waals surface area contributed by atoms with Crippen LogP contribution in [0.25, 0.3) is 0 Å². The number of rotatable bonds is 10. The number of benzene rings is 3. The molecule has 1 N–H and O–H groups in total. The van der Waals surface area contributed by atoms with Gasteiger partial charge in [0.05, 0.1) is 17.7 Å². The van der Waals surface area contributed by atoms with Crippen LogP contribution in [0.15, 0.2) is 71.6 Å². The number of carbonyl (C=O) groups is 2. The largest absolute Gasteiger partial charge is 0.497 e. The fourth-order valence-corrected chi connectivity index (χ4v) is 5.85. The predicted octanol–water partition coefficient (Wildman–Crippen LogP) is 5.15. The van der Waals surface area contributed by atoms with Crippen molar-refractivity contribution in [3.63, 3.8) is 0 Å². The average Bonchev–Trinajstić information content (AvgIpc) is 2.91. The number of anilines is 1. The minimum Gasteiger partial charge on any atom is -0.497 e. The summed E-state index contributed by atoms with van der Waals surface area (Å²) < 4.78 is 34.6. The number of hydrogen-bond donors (Lipinski definition) is 1. The van der Waals surface area contributed by atoms with Gasteiger partial charge in [-0.15, -0.1) is 0 Å². The SMILES string of the molecule is COc1cccc(CN(C(=O)CN(c2cccc(C)c2C)S(=O)(=O)c2ccc(C)cc2)[C@H](C)C(=O)NC(C)(C)C)c1. The van der Waals surface area contributed by atoms with Gasteiger partial charge < -0.3 is 15.0 Å². The number of carbonyl (C=O) groups excluding carboxylic acids is 2. The number of amides is 2. The molecule has 0 radical (unpaired) electrons. The van der Waals surface area contributed by atoms with Gasteiger partial charge in [-0.1, -0.05) is 42.0 Å². The maximum absolute atomic E-state index is 14.1. The molecule has 0 aromatic heterocycles. The Balaban J connectivity index is 2.09. The van der Waals surface area contributed by atoms with E-state index in [1.165, 1.54) is 4.90 Å². The summed E-state index contributed by atoms with van der Waals surface area (Å²) in [6.07, 6.45) is 0. The lowest BCUT2D eigenvalue weighted by molar-refractivity contribution is -0.140. The third-order valence-corrected chi connectivity index (χ3v) is 8.66. The molecule has 0 spiro atoms. The second-order valence-electron chi connectivity index (χ2n) is 11.3. The summed E-state index contributed by atoms with van der Waals surface area (Å²) in [7, 11) is -2.58. The van der Waals surface area contributed by atoms with Gasteiger partial charge in [0.1, 0.15) is 18.3 Å². The molecule has 3 rings (SSSR count). The number of aryl methyl sites for hydroxylation is 2. The number of sulfonamides is 1. The number of ether oxygens (including phenoxy) is 1. The van der Waals surface area contributed by atoms with Gasteiger partial charge in [-0.2, -0.15) is 0 Å². The molecule has 0 aliphatic rings. The summed E-state index contributed by atoms with van der Waals surface area (Å²) in [6.45, 7) is 12.4. The summed E-state index contributed by atoms with van der Waals surface area (Å²) in [5.74, 6) is -0.241. The molecule has 3 aromatic rings. The lowest BCUT2D eigenvalue weighted by atomic mass is 10.1. The van der Waals surface area contributed by atoms with Crippen LogP contribution in [0.2, 0.25) is 0 Å². The Labute approximate surface area is 244 Å². The van der Waals surface area contributed by atoms with Gasteiger partial charge in [0.15, 0.2) is 0 Å². The van der Waals surface area contributed by atoms with Crippen molar-refractivity contribution in [2.24, 2.45) is 0 Å². The van der Waals surface area contributed by atoms with Gasteiger partial charge in [0.25, 0.3) is 10.0 Å². The molecule has 0 unspecified atom stereocenters. The molecular formula is C32H41N3O5S. The van der Waals surface area contributed by atoms with E-state index in [2.05, 4.69) is 5.32 Å². The average molecular weight is 580 g/mol. The van der Waals surface area contributed by atoms with E-state index in [1.54, 1.807) is 68.6 Å². The van der Waals surface area contributed by atoms with Crippen LogP contribution in [0.1, 0.15) is 49.9 Å². The Hall–Kier alpha value is -3.85. The first-order valence-electron chi connectivity index (χ1n) is 13.5. The van der Waals surface area contributed by atoms with E-state index >= 15 is 0 Å². The molecule has 0 saturated carbocycles. The van der Waals surface area contributed by atoms with Gasteiger partial charge in [0.2, 0.25) is 11.8 Å². The molecule has 0 heterocycles. The minimum absolute atomic E-state index is 0.0784. The molecule has 2 amide bonds. The quantitative estimate of drug-likeness (QED) is 0.359. The topological polar surface area (TPSA) is 96.0 Å². The Morgan fingerprint density at radius 1 is 0.951 bits per heavy atom. The second kappa shape index (κ2) is 12.8. The normalized spacial score (nSPS) is 12.4. The summed E-state index contributed by atoms with van der Waals surface area (Å²) in [6, 6.07) is 18.2. The number of hydrogen-bond acceptors (Lipinski definition) is 5. The summed E-state index contributed by atoms with van der Waals surface area (Å²) in [4.78, 5) is 28.9. The van der Waals surface area contributed by atoms with Gasteiger partial charge in [-0.3, -0.25) is 13.9 Å². The third kappa shape index (κ3) is 7.88. The van der Waals surface area contributed by atoms with Crippen LogP contribution < -0.4 is 14.4 Å². The fourth-order valence-electron chi connectivity index (χ4n) is 4.38. The van der Waals surface area contributed by atoms with Crippen LogP contribution >= 0.6 is 0 Å². The highest BCUT2D eigenvalue weighted by Gasteiger charge is 2.34. The molecular weight excluding hydrogens is 538 g/mol. The number of methoxy groups -OCH3 is 1. The Morgan fingerprint density at radius 2 is 1.59 bits per heavy atom. The lowest BCUT2D eigenvalue weighted by Gasteiger charge is -2.34. The first kappa shape index (κ1) is 31.7. The van der Waals surface area contributed by atoms with E-state index in [9.17, 15) is 18.0 Å². The molecule has 3 aromatic carbocycles. The smallest absolute Gasteiger partial charge is 0.264 e. The van der Waals surface area contributed by atoms with Crippen molar-refractivity contribution >= 4 is 27.5 Å². The molecule has 41 heavy (non-hydrogen) atoms. The van der Waals surface area contributed by atoms with E-state index in [1.807, 2.05) is 53.7 Å². The van der Waals surface area contributed by atoms with E-state index in [0.29, 0.717) is 11.4 Å². The highest BCUT2D eigenvalue weighted by molar-refractivity contribution is 7.92. The van der Waals surface area contributed by atoms with Gasteiger partial charge in [-0.05, 0) is 95.5 Å². The second-order valence-corrected chi connectivity index (χ2v) is 13.2. The molecule has 1 atom stereocenters. The van der Waals surface area contributed by atoms with Crippen molar-refractivity contribution in [3.8, 4) is 5.75 Å². The van der Waals surface area contributed by atoms with Crippen molar-refractivity contribution in [3.05, 3.63) is 89.0 Å². The summed E-state index contributed by atoms with van der Waals surface area (Å²) in [5, 5.41) is 2.94. The molecule has 9 heteroatoms. The standard InChI is InChI=1S/C32H41N3O5S/c1-22-15-17-28(18-16-22)41(38,39)35(29-14-9-11-23(2)24(29)3)21-30(36)34(25(4)31(37)33-32(5,6)7)20-26-12-10-13-27(19-26)40-8/h9-19,25H,20-21H2,1-8H3,(H,33,37)/t25-/m1/s1. The van der Waals surface area contributed by atoms with Crippen LogP contribution in [0.5, 0.6) is 5.75 Å². The van der Waals surface area contributed by atoms with Crippen LogP contribution in [0.4, 0.5) is 5.69 Å². The van der Waals surface area contributed by atoms with Gasteiger partial charge in [-0.25, -0.2) is 8.42 Å². The number of nitrogens with one attached hydrogen (secondary N) is 1. The highest BCUT2D eigenvalue weighted by atomic mass is 32.2. The zero-order valence-electron chi connectivity index (χ0n) is 25.2. The van der Waals surface area contributed by atoms with Crippen molar-refractivity contribution in [1.29, 1.82) is 0 Å². The number of nitrogens with zero attached hydrogens (tertiary/aromatic N) is 2.